The Labute approximate surface area is 192 Å². The number of carbonyl (C=O) groups excluding carboxylic acids is 2. The lowest BCUT2D eigenvalue weighted by atomic mass is 10.1. The van der Waals surface area contributed by atoms with Crippen molar-refractivity contribution < 1.29 is 14.3 Å². The van der Waals surface area contributed by atoms with E-state index in [1.807, 2.05) is 54.6 Å². The highest BCUT2D eigenvalue weighted by atomic mass is 16.5. The molecule has 0 bridgehead atoms. The maximum absolute atomic E-state index is 13.1. The average Bonchev–Trinajstić information content (AvgIpc) is 2.88. The number of anilines is 1. The van der Waals surface area contributed by atoms with Crippen LogP contribution < -0.4 is 15.4 Å². The number of nitrogens with one attached hydrogen (secondary N) is 2. The van der Waals surface area contributed by atoms with Gasteiger partial charge in [-0.15, -0.1) is 0 Å². The van der Waals surface area contributed by atoms with E-state index in [4.69, 9.17) is 4.74 Å². The molecule has 33 heavy (non-hydrogen) atoms. The third kappa shape index (κ3) is 6.04. The van der Waals surface area contributed by atoms with Gasteiger partial charge in [0.15, 0.2) is 0 Å². The molecule has 1 unspecified atom stereocenters. The van der Waals surface area contributed by atoms with Gasteiger partial charge in [0.2, 0.25) is 5.88 Å². The molecule has 6 heteroatoms. The van der Waals surface area contributed by atoms with E-state index in [0.29, 0.717) is 29.3 Å². The summed E-state index contributed by atoms with van der Waals surface area (Å²) in [5.41, 5.74) is 2.70. The number of nitrogens with zero attached hydrogens (tertiary/aromatic N) is 1. The second-order valence-electron chi connectivity index (χ2n) is 7.33. The zero-order valence-corrected chi connectivity index (χ0v) is 17.8. The van der Waals surface area contributed by atoms with Crippen LogP contribution in [0.1, 0.15) is 27.5 Å². The van der Waals surface area contributed by atoms with Gasteiger partial charge in [0.25, 0.3) is 11.8 Å². The number of hydrogen-bond donors (Lipinski definition) is 2. The van der Waals surface area contributed by atoms with Gasteiger partial charge in [-0.05, 0) is 29.3 Å². The van der Waals surface area contributed by atoms with Crippen LogP contribution in [-0.4, -0.2) is 16.8 Å². The van der Waals surface area contributed by atoms with Crippen molar-refractivity contribution in [3.63, 3.8) is 0 Å². The van der Waals surface area contributed by atoms with Crippen molar-refractivity contribution in [3.05, 3.63) is 126 Å². The third-order valence-corrected chi connectivity index (χ3v) is 4.94. The highest BCUT2D eigenvalue weighted by Crippen LogP contribution is 2.18. The van der Waals surface area contributed by atoms with Gasteiger partial charge in [0.05, 0.1) is 11.9 Å². The van der Waals surface area contributed by atoms with E-state index in [1.165, 1.54) is 6.20 Å². The SMILES string of the molecule is O=C(NC(C(=O)Nc1ccc(OCc2ccccc2)nc1)c1ccccc1)c1ccccc1. The van der Waals surface area contributed by atoms with Crippen molar-refractivity contribution in [1.29, 1.82) is 0 Å². The van der Waals surface area contributed by atoms with Crippen molar-refractivity contribution in [2.45, 2.75) is 12.6 Å². The maximum atomic E-state index is 13.1. The molecule has 0 saturated carbocycles. The van der Waals surface area contributed by atoms with Gasteiger partial charge >= 0.3 is 0 Å². The van der Waals surface area contributed by atoms with E-state index in [0.717, 1.165) is 5.56 Å². The van der Waals surface area contributed by atoms with E-state index in [-0.39, 0.29) is 11.8 Å². The van der Waals surface area contributed by atoms with Crippen LogP contribution in [0, 0.1) is 0 Å². The van der Waals surface area contributed by atoms with Crippen molar-refractivity contribution in [2.24, 2.45) is 0 Å². The molecular weight excluding hydrogens is 414 g/mol. The Morgan fingerprint density at radius 1 is 0.788 bits per heavy atom. The molecule has 164 valence electrons. The molecule has 1 heterocycles. The highest BCUT2D eigenvalue weighted by Gasteiger charge is 2.23. The monoisotopic (exact) mass is 437 g/mol. The van der Waals surface area contributed by atoms with Crippen LogP contribution in [0.15, 0.2) is 109 Å². The summed E-state index contributed by atoms with van der Waals surface area (Å²) in [6.07, 6.45) is 1.53. The standard InChI is InChI=1S/C27H23N3O3/c31-26(22-14-8-3-9-15-22)30-25(21-12-6-2-7-13-21)27(32)29-23-16-17-24(28-18-23)33-19-20-10-4-1-5-11-20/h1-18,25H,19H2,(H,29,32)(H,30,31). The molecule has 2 N–H and O–H groups in total. The zero-order valence-electron chi connectivity index (χ0n) is 17.8. The van der Waals surface area contributed by atoms with Gasteiger partial charge in [-0.25, -0.2) is 4.98 Å². The summed E-state index contributed by atoms with van der Waals surface area (Å²) in [5.74, 6) is -0.249. The van der Waals surface area contributed by atoms with Crippen LogP contribution in [0.25, 0.3) is 0 Å². The number of ether oxygens (including phenoxy) is 1. The molecule has 0 radical (unpaired) electrons. The van der Waals surface area contributed by atoms with Crippen LogP contribution in [-0.2, 0) is 11.4 Å². The van der Waals surface area contributed by atoms with Crippen molar-refractivity contribution in [2.75, 3.05) is 5.32 Å². The molecule has 0 aliphatic heterocycles. The number of amides is 2. The van der Waals surface area contributed by atoms with E-state index in [9.17, 15) is 9.59 Å². The minimum Gasteiger partial charge on any atom is -0.473 e. The zero-order chi connectivity index (χ0) is 22.9. The molecule has 0 fully saturated rings. The molecule has 6 nitrogen and oxygen atoms in total. The van der Waals surface area contributed by atoms with Gasteiger partial charge in [-0.1, -0.05) is 78.9 Å². The smallest absolute Gasteiger partial charge is 0.252 e. The molecule has 0 spiro atoms. The lowest BCUT2D eigenvalue weighted by molar-refractivity contribution is -0.118. The highest BCUT2D eigenvalue weighted by molar-refractivity contribution is 6.01. The van der Waals surface area contributed by atoms with Crippen molar-refractivity contribution >= 4 is 17.5 Å². The molecule has 3 aromatic carbocycles. The maximum Gasteiger partial charge on any atom is 0.252 e. The first kappa shape index (κ1) is 21.8. The Balaban J connectivity index is 1.43. The van der Waals surface area contributed by atoms with Gasteiger partial charge < -0.3 is 15.4 Å². The van der Waals surface area contributed by atoms with Gasteiger partial charge in [0.1, 0.15) is 12.6 Å². The Morgan fingerprint density at radius 3 is 2.06 bits per heavy atom. The second-order valence-corrected chi connectivity index (χ2v) is 7.33. The lowest BCUT2D eigenvalue weighted by Gasteiger charge is -2.19. The van der Waals surface area contributed by atoms with Crippen LogP contribution in [0.4, 0.5) is 5.69 Å². The number of hydrogen-bond acceptors (Lipinski definition) is 4. The van der Waals surface area contributed by atoms with E-state index < -0.39 is 6.04 Å². The summed E-state index contributed by atoms with van der Waals surface area (Å²) in [4.78, 5) is 30.1. The molecule has 4 aromatic rings. The third-order valence-electron chi connectivity index (χ3n) is 4.94. The molecule has 0 saturated heterocycles. The summed E-state index contributed by atoms with van der Waals surface area (Å²) >= 11 is 0. The van der Waals surface area contributed by atoms with E-state index in [1.54, 1.807) is 48.5 Å². The Morgan fingerprint density at radius 2 is 1.42 bits per heavy atom. The van der Waals surface area contributed by atoms with Crippen molar-refractivity contribution in [1.82, 2.24) is 10.3 Å². The number of benzene rings is 3. The number of carbonyl (C=O) groups is 2. The molecule has 1 aromatic heterocycles. The Kier molecular flexibility index (Phi) is 7.08. The molecule has 0 aliphatic carbocycles. The molecule has 0 aliphatic rings. The first-order chi connectivity index (χ1) is 16.2. The quantitative estimate of drug-likeness (QED) is 0.416. The summed E-state index contributed by atoms with van der Waals surface area (Å²) in [5, 5.41) is 5.65. The van der Waals surface area contributed by atoms with Gasteiger partial charge in [-0.2, -0.15) is 0 Å². The number of rotatable bonds is 8. The van der Waals surface area contributed by atoms with E-state index >= 15 is 0 Å². The fourth-order valence-corrected chi connectivity index (χ4v) is 3.24. The second kappa shape index (κ2) is 10.7. The fraction of sp³-hybridized carbons (Fsp3) is 0.0741. The number of aromatic nitrogens is 1. The van der Waals surface area contributed by atoms with Crippen LogP contribution in [0.5, 0.6) is 5.88 Å². The molecular formula is C27H23N3O3. The predicted octanol–water partition coefficient (Wildman–Crippen LogP) is 4.77. The summed E-state index contributed by atoms with van der Waals surface area (Å²) in [6, 6.07) is 30.2. The fourth-order valence-electron chi connectivity index (χ4n) is 3.24. The Bertz CT molecular complexity index is 1180. The molecule has 1 atom stereocenters. The first-order valence-corrected chi connectivity index (χ1v) is 10.5. The summed E-state index contributed by atoms with van der Waals surface area (Å²) < 4.78 is 5.69. The lowest BCUT2D eigenvalue weighted by Crippen LogP contribution is -2.37. The topological polar surface area (TPSA) is 80.3 Å². The summed E-state index contributed by atoms with van der Waals surface area (Å²) in [6.45, 7) is 0.404. The first-order valence-electron chi connectivity index (χ1n) is 10.5. The largest absolute Gasteiger partial charge is 0.473 e. The average molecular weight is 437 g/mol. The van der Waals surface area contributed by atoms with E-state index in [2.05, 4.69) is 15.6 Å². The van der Waals surface area contributed by atoms with Gasteiger partial charge in [-0.3, -0.25) is 9.59 Å². The molecule has 4 rings (SSSR count). The Hall–Kier alpha value is -4.45. The number of pyridine rings is 1. The van der Waals surface area contributed by atoms with Crippen LogP contribution >= 0.6 is 0 Å². The van der Waals surface area contributed by atoms with Gasteiger partial charge in [0, 0.05) is 11.6 Å². The van der Waals surface area contributed by atoms with Crippen LogP contribution in [0.2, 0.25) is 0 Å². The minimum absolute atomic E-state index is 0.331. The normalized spacial score (nSPS) is 11.3. The minimum atomic E-state index is -0.868. The molecule has 2 amide bonds. The van der Waals surface area contributed by atoms with Crippen molar-refractivity contribution in [3.8, 4) is 5.88 Å². The van der Waals surface area contributed by atoms with Crippen LogP contribution in [0.3, 0.4) is 0 Å². The summed E-state index contributed by atoms with van der Waals surface area (Å²) in [7, 11) is 0. The predicted molar refractivity (Wildman–Crippen MR) is 127 cm³/mol.